The summed E-state index contributed by atoms with van der Waals surface area (Å²) in [7, 11) is 2.03. The summed E-state index contributed by atoms with van der Waals surface area (Å²) in [6.45, 7) is 12.0. The van der Waals surface area contributed by atoms with E-state index in [4.69, 9.17) is 0 Å². The van der Waals surface area contributed by atoms with Crippen LogP contribution in [0.25, 0.3) is 10.8 Å². The molecule has 2 aromatic rings. The van der Waals surface area contributed by atoms with Crippen LogP contribution in [0, 0.1) is 5.92 Å². The predicted octanol–water partition coefficient (Wildman–Crippen LogP) is 5.83. The van der Waals surface area contributed by atoms with Gasteiger partial charge in [0.25, 0.3) is 0 Å². The highest BCUT2D eigenvalue weighted by molar-refractivity contribution is 7.97. The summed E-state index contributed by atoms with van der Waals surface area (Å²) < 4.78 is 2.53. The lowest BCUT2D eigenvalue weighted by Crippen LogP contribution is -2.25. The molecule has 2 aromatic carbocycles. The minimum absolute atomic E-state index is 0.710. The van der Waals surface area contributed by atoms with Gasteiger partial charge in [0.1, 0.15) is 0 Å². The third kappa shape index (κ3) is 6.84. The topological polar surface area (TPSA) is 15.3 Å². The molecule has 3 heteroatoms. The second-order valence-electron chi connectivity index (χ2n) is 5.95. The van der Waals surface area contributed by atoms with Crippen molar-refractivity contribution < 1.29 is 0 Å². The standard InChI is InChI=1S/C19H28N2S.C2H6/c1-4-14-21(15-16(2)12-13-20-3)22-19-11-7-9-17-8-5-6-10-18(17)19;1-2/h5-11,16,20H,4,12-15H2,1-3H3;1-2H3. The normalized spacial score (nSPS) is 12.1. The Balaban J connectivity index is 0.00000139. The molecule has 0 aromatic heterocycles. The maximum absolute atomic E-state index is 3.25. The van der Waals surface area contributed by atoms with Gasteiger partial charge in [0.15, 0.2) is 0 Å². The van der Waals surface area contributed by atoms with E-state index in [1.165, 1.54) is 28.5 Å². The van der Waals surface area contributed by atoms with Crippen molar-refractivity contribution in [3.8, 4) is 0 Å². The van der Waals surface area contributed by atoms with Gasteiger partial charge in [-0.15, -0.1) is 0 Å². The van der Waals surface area contributed by atoms with Gasteiger partial charge in [-0.3, -0.25) is 0 Å². The predicted molar refractivity (Wildman–Crippen MR) is 111 cm³/mol. The largest absolute Gasteiger partial charge is 0.320 e. The van der Waals surface area contributed by atoms with Crippen molar-refractivity contribution >= 4 is 22.7 Å². The molecule has 0 aliphatic heterocycles. The van der Waals surface area contributed by atoms with E-state index in [9.17, 15) is 0 Å². The van der Waals surface area contributed by atoms with Crippen LogP contribution in [-0.4, -0.2) is 31.0 Å². The summed E-state index contributed by atoms with van der Waals surface area (Å²) in [6.07, 6.45) is 2.42. The van der Waals surface area contributed by atoms with Gasteiger partial charge in [-0.1, -0.05) is 64.1 Å². The molecule has 0 amide bonds. The van der Waals surface area contributed by atoms with Crippen molar-refractivity contribution in [2.45, 2.75) is 45.4 Å². The molecule has 0 radical (unpaired) electrons. The molecule has 0 fully saturated rings. The van der Waals surface area contributed by atoms with Crippen LogP contribution >= 0.6 is 11.9 Å². The Kier molecular flexibility index (Phi) is 10.8. The van der Waals surface area contributed by atoms with Gasteiger partial charge in [-0.05, 0) is 61.1 Å². The first-order valence-electron chi connectivity index (χ1n) is 9.30. The van der Waals surface area contributed by atoms with Gasteiger partial charge < -0.3 is 5.32 Å². The van der Waals surface area contributed by atoms with Gasteiger partial charge in [-0.25, -0.2) is 4.31 Å². The molecule has 1 N–H and O–H groups in total. The van der Waals surface area contributed by atoms with Crippen molar-refractivity contribution in [1.29, 1.82) is 0 Å². The Morgan fingerprint density at radius 3 is 2.50 bits per heavy atom. The molecule has 1 atom stereocenters. The van der Waals surface area contributed by atoms with Crippen molar-refractivity contribution in [2.75, 3.05) is 26.7 Å². The Bertz CT molecular complexity index is 565. The third-order valence-electron chi connectivity index (χ3n) is 3.85. The summed E-state index contributed by atoms with van der Waals surface area (Å²) >= 11 is 1.92. The molecular formula is C21H34N2S. The lowest BCUT2D eigenvalue weighted by Gasteiger charge is -2.24. The zero-order valence-electron chi connectivity index (χ0n) is 16.0. The molecule has 134 valence electrons. The van der Waals surface area contributed by atoms with E-state index in [0.717, 1.165) is 19.6 Å². The van der Waals surface area contributed by atoms with E-state index in [1.807, 2.05) is 32.8 Å². The molecule has 0 spiro atoms. The van der Waals surface area contributed by atoms with E-state index in [1.54, 1.807) is 0 Å². The third-order valence-corrected chi connectivity index (χ3v) is 5.00. The van der Waals surface area contributed by atoms with E-state index in [0.29, 0.717) is 5.92 Å². The number of nitrogens with zero attached hydrogens (tertiary/aromatic N) is 1. The van der Waals surface area contributed by atoms with E-state index in [-0.39, 0.29) is 0 Å². The van der Waals surface area contributed by atoms with Gasteiger partial charge in [0.05, 0.1) is 0 Å². The first kappa shape index (κ1) is 21.0. The van der Waals surface area contributed by atoms with Crippen LogP contribution < -0.4 is 5.32 Å². The highest BCUT2D eigenvalue weighted by Crippen LogP contribution is 2.31. The number of nitrogens with one attached hydrogen (secondary N) is 1. The Hall–Kier alpha value is -1.03. The van der Waals surface area contributed by atoms with Crippen LogP contribution in [0.5, 0.6) is 0 Å². The summed E-state index contributed by atoms with van der Waals surface area (Å²) in [5, 5.41) is 5.94. The van der Waals surface area contributed by atoms with Crippen LogP contribution in [0.3, 0.4) is 0 Å². The molecule has 1 unspecified atom stereocenters. The maximum Gasteiger partial charge on any atom is 0.0308 e. The Morgan fingerprint density at radius 2 is 1.79 bits per heavy atom. The molecule has 24 heavy (non-hydrogen) atoms. The molecule has 0 heterocycles. The van der Waals surface area contributed by atoms with Crippen molar-refractivity contribution in [2.24, 2.45) is 5.92 Å². The Labute approximate surface area is 153 Å². The van der Waals surface area contributed by atoms with Gasteiger partial charge in [0.2, 0.25) is 0 Å². The van der Waals surface area contributed by atoms with Crippen LogP contribution in [0.1, 0.15) is 40.5 Å². The lowest BCUT2D eigenvalue weighted by atomic mass is 10.1. The molecule has 0 saturated carbocycles. The molecule has 0 aliphatic carbocycles. The fraction of sp³-hybridized carbons (Fsp3) is 0.524. The number of benzene rings is 2. The number of rotatable bonds is 9. The Morgan fingerprint density at radius 1 is 1.08 bits per heavy atom. The minimum Gasteiger partial charge on any atom is -0.320 e. The first-order valence-corrected chi connectivity index (χ1v) is 10.1. The van der Waals surface area contributed by atoms with Gasteiger partial charge in [-0.2, -0.15) is 0 Å². The zero-order valence-corrected chi connectivity index (χ0v) is 16.8. The fourth-order valence-electron chi connectivity index (χ4n) is 2.67. The van der Waals surface area contributed by atoms with E-state index < -0.39 is 0 Å². The van der Waals surface area contributed by atoms with Crippen LogP contribution in [0.4, 0.5) is 0 Å². The zero-order chi connectivity index (χ0) is 17.8. The highest BCUT2D eigenvalue weighted by atomic mass is 32.2. The number of hydrogen-bond acceptors (Lipinski definition) is 3. The second-order valence-corrected chi connectivity index (χ2v) is 7.09. The van der Waals surface area contributed by atoms with Crippen LogP contribution in [0.2, 0.25) is 0 Å². The smallest absolute Gasteiger partial charge is 0.0308 e. The molecule has 0 aliphatic rings. The molecule has 2 rings (SSSR count). The van der Waals surface area contributed by atoms with E-state index in [2.05, 4.69) is 65.9 Å². The summed E-state index contributed by atoms with van der Waals surface area (Å²) in [5.41, 5.74) is 0. The minimum atomic E-state index is 0.710. The quantitative estimate of drug-likeness (QED) is 0.575. The van der Waals surface area contributed by atoms with Gasteiger partial charge >= 0.3 is 0 Å². The second kappa shape index (κ2) is 12.3. The van der Waals surface area contributed by atoms with Crippen molar-refractivity contribution in [3.63, 3.8) is 0 Å². The van der Waals surface area contributed by atoms with Crippen LogP contribution in [-0.2, 0) is 0 Å². The molecule has 2 nitrogen and oxygen atoms in total. The van der Waals surface area contributed by atoms with Gasteiger partial charge in [0, 0.05) is 18.0 Å². The van der Waals surface area contributed by atoms with Crippen LogP contribution in [0.15, 0.2) is 47.4 Å². The molecular weight excluding hydrogens is 312 g/mol. The monoisotopic (exact) mass is 346 g/mol. The highest BCUT2D eigenvalue weighted by Gasteiger charge is 2.12. The molecule has 0 saturated heterocycles. The summed E-state index contributed by atoms with van der Waals surface area (Å²) in [6, 6.07) is 15.3. The van der Waals surface area contributed by atoms with Crippen molar-refractivity contribution in [3.05, 3.63) is 42.5 Å². The summed E-state index contributed by atoms with van der Waals surface area (Å²) in [5.74, 6) is 0.710. The maximum atomic E-state index is 3.25. The first-order chi connectivity index (χ1) is 11.7. The average molecular weight is 347 g/mol. The SMILES string of the molecule is CC.CCCN(CC(C)CCNC)Sc1cccc2ccccc12. The fourth-order valence-corrected chi connectivity index (χ4v) is 3.97. The van der Waals surface area contributed by atoms with Crippen molar-refractivity contribution in [1.82, 2.24) is 9.62 Å². The lowest BCUT2D eigenvalue weighted by molar-refractivity contribution is 0.371. The average Bonchev–Trinajstić information content (AvgIpc) is 2.62. The number of hydrogen-bond donors (Lipinski definition) is 1. The molecule has 0 bridgehead atoms. The summed E-state index contributed by atoms with van der Waals surface area (Å²) in [4.78, 5) is 1.37. The number of fused-ring (bicyclic) bond motifs is 1. The van der Waals surface area contributed by atoms with E-state index >= 15 is 0 Å².